The molecule has 6 nitrogen and oxygen atoms in total. The van der Waals surface area contributed by atoms with Crippen molar-refractivity contribution in [2.75, 3.05) is 13.2 Å². The highest BCUT2D eigenvalue weighted by Gasteiger charge is 2.37. The fraction of sp³-hybridized carbons (Fsp3) is 0.357. The monoisotopic (exact) mass is 514 g/mol. The molecule has 0 spiro atoms. The summed E-state index contributed by atoms with van der Waals surface area (Å²) in [6.45, 7) is -0.0117. The number of rotatable bonds is 7. The van der Waals surface area contributed by atoms with E-state index in [0.29, 0.717) is 36.0 Å². The van der Waals surface area contributed by atoms with E-state index in [-0.39, 0.29) is 24.9 Å². The van der Waals surface area contributed by atoms with Crippen molar-refractivity contribution in [2.24, 2.45) is 0 Å². The van der Waals surface area contributed by atoms with Gasteiger partial charge in [0.1, 0.15) is 42.2 Å². The maximum absolute atomic E-state index is 13.4. The molecule has 2 heterocycles. The van der Waals surface area contributed by atoms with E-state index >= 15 is 0 Å². The number of fused-ring (bicyclic) bond motifs is 1. The molecule has 0 radical (unpaired) electrons. The molecule has 5 atom stereocenters. The molecule has 1 fully saturated rings. The summed E-state index contributed by atoms with van der Waals surface area (Å²) in [5.74, 6) is 1.15. The molecule has 0 aliphatic carbocycles. The van der Waals surface area contributed by atoms with Gasteiger partial charge in [-0.2, -0.15) is 0 Å². The van der Waals surface area contributed by atoms with Gasteiger partial charge in [-0.1, -0.05) is 35.9 Å². The second-order valence-electron chi connectivity index (χ2n) is 9.32. The van der Waals surface area contributed by atoms with Crippen molar-refractivity contribution < 1.29 is 33.9 Å². The second-order valence-corrected chi connectivity index (χ2v) is 9.73. The number of hydrogen-bond acceptors (Lipinski definition) is 6. The van der Waals surface area contributed by atoms with E-state index < -0.39 is 24.4 Å². The first-order valence-corrected chi connectivity index (χ1v) is 12.3. The predicted molar refractivity (Wildman–Crippen MR) is 132 cm³/mol. The lowest BCUT2D eigenvalue weighted by molar-refractivity contribution is -0.181. The lowest BCUT2D eigenvalue weighted by Crippen LogP contribution is -2.47. The molecule has 190 valence electrons. The first kappa shape index (κ1) is 25.0. The van der Waals surface area contributed by atoms with Gasteiger partial charge in [0.2, 0.25) is 0 Å². The van der Waals surface area contributed by atoms with Gasteiger partial charge in [-0.05, 0) is 59.5 Å². The van der Waals surface area contributed by atoms with E-state index in [0.717, 1.165) is 22.3 Å². The summed E-state index contributed by atoms with van der Waals surface area (Å²) in [6.07, 6.45) is -2.11. The predicted octanol–water partition coefficient (Wildman–Crippen LogP) is 4.00. The van der Waals surface area contributed by atoms with E-state index in [9.17, 15) is 19.7 Å². The molecule has 3 N–H and O–H groups in total. The van der Waals surface area contributed by atoms with Gasteiger partial charge in [0.25, 0.3) is 0 Å². The third-order valence-corrected chi connectivity index (χ3v) is 7.08. The number of halogens is 2. The fourth-order valence-electron chi connectivity index (χ4n) is 4.74. The molecule has 2 aliphatic heterocycles. The van der Waals surface area contributed by atoms with Crippen LogP contribution in [0.25, 0.3) is 0 Å². The van der Waals surface area contributed by atoms with Crippen LogP contribution in [-0.4, -0.2) is 52.9 Å². The Morgan fingerprint density at radius 2 is 1.83 bits per heavy atom. The Morgan fingerprint density at radius 1 is 1.03 bits per heavy atom. The van der Waals surface area contributed by atoms with Crippen molar-refractivity contribution >= 4 is 11.6 Å². The van der Waals surface area contributed by atoms with Crippen LogP contribution in [0.5, 0.6) is 11.5 Å². The van der Waals surface area contributed by atoms with Gasteiger partial charge < -0.3 is 29.5 Å². The summed E-state index contributed by atoms with van der Waals surface area (Å²) in [4.78, 5) is 0. The number of hydrogen-bond donors (Lipinski definition) is 3. The van der Waals surface area contributed by atoms with Gasteiger partial charge in [0, 0.05) is 23.4 Å². The fourth-order valence-corrected chi connectivity index (χ4v) is 4.93. The largest absolute Gasteiger partial charge is 0.490 e. The third-order valence-electron chi connectivity index (χ3n) is 6.71. The Kier molecular flexibility index (Phi) is 7.46. The van der Waals surface area contributed by atoms with Crippen LogP contribution in [0.15, 0.2) is 60.7 Å². The SMILES string of the molecule is OCC1OC(c2ccc(Cl)c(Cc3ccc(OCC4Cc5cc(F)ccc5O4)cc3)c2)CC(O)[C@@H]1O. The van der Waals surface area contributed by atoms with Crippen LogP contribution in [-0.2, 0) is 17.6 Å². The van der Waals surface area contributed by atoms with Crippen LogP contribution in [0.2, 0.25) is 5.02 Å². The topological polar surface area (TPSA) is 88.4 Å². The summed E-state index contributed by atoms with van der Waals surface area (Å²) >= 11 is 6.46. The summed E-state index contributed by atoms with van der Waals surface area (Å²) in [5, 5.41) is 30.2. The van der Waals surface area contributed by atoms with E-state index in [1.165, 1.54) is 12.1 Å². The van der Waals surface area contributed by atoms with Crippen molar-refractivity contribution in [3.8, 4) is 11.5 Å². The lowest BCUT2D eigenvalue weighted by Gasteiger charge is -2.36. The number of benzene rings is 3. The van der Waals surface area contributed by atoms with E-state index in [4.69, 9.17) is 25.8 Å². The average Bonchev–Trinajstić information content (AvgIpc) is 3.28. The van der Waals surface area contributed by atoms with Crippen molar-refractivity contribution in [2.45, 2.75) is 49.8 Å². The molecule has 3 aromatic carbocycles. The summed E-state index contributed by atoms with van der Waals surface area (Å²) in [5.41, 5.74) is 3.62. The minimum atomic E-state index is -1.11. The molecule has 36 heavy (non-hydrogen) atoms. The molecule has 0 aromatic heterocycles. The Bertz CT molecular complexity index is 1200. The van der Waals surface area contributed by atoms with Crippen LogP contribution in [0.3, 0.4) is 0 Å². The van der Waals surface area contributed by atoms with Crippen LogP contribution < -0.4 is 9.47 Å². The quantitative estimate of drug-likeness (QED) is 0.442. The zero-order chi connectivity index (χ0) is 25.2. The minimum absolute atomic E-state index is 0.157. The van der Waals surface area contributed by atoms with Crippen molar-refractivity contribution in [3.05, 3.63) is 93.8 Å². The van der Waals surface area contributed by atoms with Crippen molar-refractivity contribution in [3.63, 3.8) is 0 Å². The number of aliphatic hydroxyl groups excluding tert-OH is 3. The molecule has 5 rings (SSSR count). The van der Waals surface area contributed by atoms with Crippen LogP contribution in [0, 0.1) is 5.82 Å². The van der Waals surface area contributed by atoms with E-state index in [2.05, 4.69) is 0 Å². The Hall–Kier alpha value is -2.68. The van der Waals surface area contributed by atoms with Gasteiger partial charge in [-0.3, -0.25) is 0 Å². The maximum Gasteiger partial charge on any atom is 0.137 e. The first-order chi connectivity index (χ1) is 17.4. The molecule has 0 bridgehead atoms. The zero-order valence-electron chi connectivity index (χ0n) is 19.5. The van der Waals surface area contributed by atoms with Gasteiger partial charge >= 0.3 is 0 Å². The molecule has 3 aromatic rings. The highest BCUT2D eigenvalue weighted by atomic mass is 35.5. The second kappa shape index (κ2) is 10.7. The van der Waals surface area contributed by atoms with Gasteiger partial charge in [0.05, 0.1) is 18.8 Å². The molecule has 0 saturated carbocycles. The minimum Gasteiger partial charge on any atom is -0.490 e. The number of ether oxygens (including phenoxy) is 3. The molecule has 8 heteroatoms. The van der Waals surface area contributed by atoms with E-state index in [1.807, 2.05) is 36.4 Å². The van der Waals surface area contributed by atoms with Gasteiger partial charge in [-0.15, -0.1) is 0 Å². The highest BCUT2D eigenvalue weighted by Crippen LogP contribution is 2.34. The lowest BCUT2D eigenvalue weighted by atomic mass is 9.92. The Morgan fingerprint density at radius 3 is 2.61 bits per heavy atom. The number of aliphatic hydroxyl groups is 3. The smallest absolute Gasteiger partial charge is 0.137 e. The van der Waals surface area contributed by atoms with Crippen molar-refractivity contribution in [1.29, 1.82) is 0 Å². The molecule has 4 unspecified atom stereocenters. The highest BCUT2D eigenvalue weighted by molar-refractivity contribution is 6.31. The molecular formula is C28H28ClFO6. The van der Waals surface area contributed by atoms with E-state index in [1.54, 1.807) is 12.1 Å². The maximum atomic E-state index is 13.4. The average molecular weight is 515 g/mol. The van der Waals surface area contributed by atoms with Crippen molar-refractivity contribution in [1.82, 2.24) is 0 Å². The zero-order valence-corrected chi connectivity index (χ0v) is 20.3. The molecule has 1 saturated heterocycles. The van der Waals surface area contributed by atoms with Crippen LogP contribution >= 0.6 is 11.6 Å². The molecule has 2 aliphatic rings. The summed E-state index contributed by atoms with van der Waals surface area (Å²) < 4.78 is 30.9. The van der Waals surface area contributed by atoms with Crippen LogP contribution in [0.1, 0.15) is 34.8 Å². The Labute approximate surface area is 213 Å². The van der Waals surface area contributed by atoms with Gasteiger partial charge in [-0.25, -0.2) is 4.39 Å². The first-order valence-electron chi connectivity index (χ1n) is 12.0. The summed E-state index contributed by atoms with van der Waals surface area (Å²) in [6, 6.07) is 17.8. The molecule has 0 amide bonds. The third kappa shape index (κ3) is 5.51. The van der Waals surface area contributed by atoms with Crippen LogP contribution in [0.4, 0.5) is 4.39 Å². The molecular weight excluding hydrogens is 487 g/mol. The van der Waals surface area contributed by atoms with Gasteiger partial charge in [0.15, 0.2) is 0 Å². The summed E-state index contributed by atoms with van der Waals surface area (Å²) in [7, 11) is 0. The normalized spacial score (nSPS) is 25.3. The standard InChI is InChI=1S/C28H28ClFO6/c29-23-7-3-17(26-13-24(32)28(33)27(14-31)36-26)10-18(23)9-16-1-5-21(6-2-16)34-15-22-12-19-11-20(30)4-8-25(19)35-22/h1-8,10-11,22,24,26-28,31-33H,9,12-15H2/t22?,24?,26?,27?,28-/m0/s1. The Balaban J connectivity index is 1.20.